The SMILES string of the molecule is CC1(C)CCC(c2cc(C(=O)N3CCN(C(=O)c4cc(F)cc(N5CCNCC5)c4)CC3)cnc2OF)CC1. The summed E-state index contributed by atoms with van der Waals surface area (Å²) in [4.78, 5) is 40.2. The molecule has 1 aromatic heterocycles. The monoisotopic (exact) mass is 541 g/mol. The number of aromatic nitrogens is 1. The number of amides is 2. The molecule has 10 heteroatoms. The molecule has 5 rings (SSSR count). The fourth-order valence-corrected chi connectivity index (χ4v) is 5.93. The Morgan fingerprint density at radius 3 is 2.15 bits per heavy atom. The summed E-state index contributed by atoms with van der Waals surface area (Å²) in [5.74, 6) is -0.859. The molecule has 2 saturated heterocycles. The summed E-state index contributed by atoms with van der Waals surface area (Å²) in [6.07, 6.45) is 5.16. The maximum absolute atomic E-state index is 14.4. The van der Waals surface area contributed by atoms with Crippen molar-refractivity contribution in [3.8, 4) is 5.88 Å². The summed E-state index contributed by atoms with van der Waals surface area (Å²) >= 11 is 0. The van der Waals surface area contributed by atoms with Crippen molar-refractivity contribution in [3.05, 3.63) is 53.0 Å². The summed E-state index contributed by atoms with van der Waals surface area (Å²) in [6.45, 7) is 8.98. The summed E-state index contributed by atoms with van der Waals surface area (Å²) < 4.78 is 27.7. The van der Waals surface area contributed by atoms with Crippen LogP contribution in [0.25, 0.3) is 0 Å². The zero-order valence-electron chi connectivity index (χ0n) is 22.7. The molecule has 2 amide bonds. The third-order valence-corrected chi connectivity index (χ3v) is 8.44. The van der Waals surface area contributed by atoms with E-state index in [1.54, 1.807) is 21.9 Å². The van der Waals surface area contributed by atoms with E-state index in [9.17, 15) is 18.5 Å². The number of hydrogen-bond acceptors (Lipinski definition) is 6. The lowest BCUT2D eigenvalue weighted by atomic mass is 9.71. The van der Waals surface area contributed by atoms with Gasteiger partial charge in [0, 0.05) is 79.9 Å². The molecule has 39 heavy (non-hydrogen) atoms. The average Bonchev–Trinajstić information content (AvgIpc) is 2.96. The summed E-state index contributed by atoms with van der Waals surface area (Å²) in [5.41, 5.74) is 2.30. The summed E-state index contributed by atoms with van der Waals surface area (Å²) in [6, 6.07) is 6.21. The van der Waals surface area contributed by atoms with Gasteiger partial charge in [0.1, 0.15) is 5.82 Å². The van der Waals surface area contributed by atoms with E-state index < -0.39 is 5.82 Å². The van der Waals surface area contributed by atoms with Crippen molar-refractivity contribution >= 4 is 17.5 Å². The van der Waals surface area contributed by atoms with Crippen LogP contribution in [0.4, 0.5) is 14.6 Å². The van der Waals surface area contributed by atoms with Crippen LogP contribution in [0.5, 0.6) is 5.88 Å². The molecule has 0 bridgehead atoms. The minimum absolute atomic E-state index is 0.0676. The van der Waals surface area contributed by atoms with E-state index in [-0.39, 0.29) is 29.0 Å². The molecule has 3 heterocycles. The van der Waals surface area contributed by atoms with E-state index in [1.807, 2.05) is 0 Å². The van der Waals surface area contributed by atoms with Gasteiger partial charge in [0.15, 0.2) is 0 Å². The molecule has 0 radical (unpaired) electrons. The molecular formula is C29H37F2N5O3. The molecule has 2 aliphatic heterocycles. The first-order chi connectivity index (χ1) is 18.7. The van der Waals surface area contributed by atoms with Crippen LogP contribution in [0.1, 0.15) is 71.7 Å². The molecule has 1 saturated carbocycles. The van der Waals surface area contributed by atoms with Gasteiger partial charge in [0.2, 0.25) is 0 Å². The normalized spacial score (nSPS) is 20.2. The second kappa shape index (κ2) is 11.5. The second-order valence-electron chi connectivity index (χ2n) is 11.7. The van der Waals surface area contributed by atoms with Crippen molar-refractivity contribution in [1.29, 1.82) is 0 Å². The van der Waals surface area contributed by atoms with Gasteiger partial charge in [0.05, 0.1) is 5.56 Å². The third kappa shape index (κ3) is 6.16. The van der Waals surface area contributed by atoms with E-state index in [4.69, 9.17) is 0 Å². The predicted molar refractivity (Wildman–Crippen MR) is 144 cm³/mol. The molecule has 8 nitrogen and oxygen atoms in total. The zero-order chi connectivity index (χ0) is 27.6. The molecule has 1 aliphatic carbocycles. The highest BCUT2D eigenvalue weighted by molar-refractivity contribution is 5.96. The van der Waals surface area contributed by atoms with Crippen LogP contribution in [-0.4, -0.2) is 79.0 Å². The smallest absolute Gasteiger partial charge is 0.266 e. The number of halogens is 2. The number of carbonyl (C=O) groups is 2. The van der Waals surface area contributed by atoms with E-state index in [2.05, 4.69) is 34.0 Å². The van der Waals surface area contributed by atoms with Gasteiger partial charge in [-0.25, -0.2) is 9.37 Å². The first-order valence-corrected chi connectivity index (χ1v) is 13.9. The van der Waals surface area contributed by atoms with Crippen LogP contribution in [0.3, 0.4) is 0 Å². The number of pyridine rings is 1. The van der Waals surface area contributed by atoms with E-state index >= 15 is 0 Å². The van der Waals surface area contributed by atoms with Crippen LogP contribution < -0.4 is 15.2 Å². The van der Waals surface area contributed by atoms with Crippen molar-refractivity contribution in [2.45, 2.75) is 45.4 Å². The van der Waals surface area contributed by atoms with Crippen LogP contribution in [0.2, 0.25) is 0 Å². The van der Waals surface area contributed by atoms with Gasteiger partial charge in [-0.05, 0) is 61.3 Å². The topological polar surface area (TPSA) is 78.0 Å². The summed E-state index contributed by atoms with van der Waals surface area (Å²) in [5, 5.41) is 3.27. The van der Waals surface area contributed by atoms with Crippen molar-refractivity contribution in [3.63, 3.8) is 0 Å². The molecule has 210 valence electrons. The minimum Gasteiger partial charge on any atom is -0.369 e. The van der Waals surface area contributed by atoms with Crippen LogP contribution in [0.15, 0.2) is 30.5 Å². The predicted octanol–water partition coefficient (Wildman–Crippen LogP) is 4.18. The van der Waals surface area contributed by atoms with Crippen molar-refractivity contribution in [2.75, 3.05) is 57.3 Å². The fourth-order valence-electron chi connectivity index (χ4n) is 5.93. The number of nitrogens with one attached hydrogen (secondary N) is 1. The number of hydrogen-bond donors (Lipinski definition) is 1. The fraction of sp³-hybridized carbons (Fsp3) is 0.552. The number of piperazine rings is 2. The highest BCUT2D eigenvalue weighted by atomic mass is 19.3. The maximum Gasteiger partial charge on any atom is 0.266 e. The minimum atomic E-state index is -0.436. The molecule has 3 fully saturated rings. The molecule has 0 unspecified atom stereocenters. The molecule has 2 aromatic rings. The van der Waals surface area contributed by atoms with Gasteiger partial charge in [-0.1, -0.05) is 13.8 Å². The number of rotatable bonds is 5. The van der Waals surface area contributed by atoms with Crippen LogP contribution in [0, 0.1) is 11.2 Å². The Labute approximate surface area is 228 Å². The third-order valence-electron chi connectivity index (χ3n) is 8.44. The first-order valence-electron chi connectivity index (χ1n) is 13.9. The Morgan fingerprint density at radius 1 is 0.923 bits per heavy atom. The Kier molecular flexibility index (Phi) is 8.02. The highest BCUT2D eigenvalue weighted by Crippen LogP contribution is 2.44. The molecule has 3 aliphatic rings. The Balaban J connectivity index is 1.24. The van der Waals surface area contributed by atoms with Gasteiger partial charge in [-0.3, -0.25) is 14.5 Å². The molecule has 0 spiro atoms. The first kappa shape index (κ1) is 27.3. The van der Waals surface area contributed by atoms with Gasteiger partial charge in [0.25, 0.3) is 17.7 Å². The van der Waals surface area contributed by atoms with Crippen molar-refractivity contribution < 1.29 is 23.4 Å². The maximum atomic E-state index is 14.4. The number of nitrogens with zero attached hydrogens (tertiary/aromatic N) is 4. The molecule has 0 atom stereocenters. The lowest BCUT2D eigenvalue weighted by molar-refractivity contribution is -0.0139. The standard InChI is InChI=1S/C29H37F2N5O3/c1-29(2)5-3-20(4-6-29)25-17-22(19-33-26(25)39-31)28(38)36-13-11-35(12-14-36)27(37)21-15-23(30)18-24(16-21)34-9-7-32-8-10-34/h15-20,32H,3-14H2,1-2H3. The van der Waals surface area contributed by atoms with E-state index in [1.165, 1.54) is 18.3 Å². The van der Waals surface area contributed by atoms with Crippen molar-refractivity contribution in [2.24, 2.45) is 5.41 Å². The Hall–Kier alpha value is -3.27. The lowest BCUT2D eigenvalue weighted by Gasteiger charge is -2.36. The average molecular weight is 542 g/mol. The highest BCUT2D eigenvalue weighted by Gasteiger charge is 2.32. The molecular weight excluding hydrogens is 504 g/mol. The quantitative estimate of drug-likeness (QED) is 0.612. The zero-order valence-corrected chi connectivity index (χ0v) is 22.7. The Morgan fingerprint density at radius 2 is 1.54 bits per heavy atom. The van der Waals surface area contributed by atoms with Crippen LogP contribution in [-0.2, 0) is 0 Å². The summed E-state index contributed by atoms with van der Waals surface area (Å²) in [7, 11) is 0. The molecule has 1 N–H and O–H groups in total. The number of carbonyl (C=O) groups excluding carboxylic acids is 2. The van der Waals surface area contributed by atoms with Crippen molar-refractivity contribution in [1.82, 2.24) is 20.1 Å². The number of benzene rings is 1. The van der Waals surface area contributed by atoms with Gasteiger partial charge < -0.3 is 20.0 Å². The molecule has 1 aromatic carbocycles. The second-order valence-corrected chi connectivity index (χ2v) is 11.7. The lowest BCUT2D eigenvalue weighted by Crippen LogP contribution is -2.50. The number of anilines is 1. The Bertz CT molecular complexity index is 1200. The largest absolute Gasteiger partial charge is 0.369 e. The van der Waals surface area contributed by atoms with E-state index in [0.717, 1.165) is 51.9 Å². The van der Waals surface area contributed by atoms with Gasteiger partial charge >= 0.3 is 0 Å². The van der Waals surface area contributed by atoms with Gasteiger partial charge in [-0.2, -0.15) is 0 Å². The van der Waals surface area contributed by atoms with E-state index in [0.29, 0.717) is 48.6 Å². The van der Waals surface area contributed by atoms with Crippen LogP contribution >= 0.6 is 0 Å². The van der Waals surface area contributed by atoms with Gasteiger partial charge in [-0.15, -0.1) is 0 Å².